The van der Waals surface area contributed by atoms with Crippen LogP contribution >= 0.6 is 0 Å². The Morgan fingerprint density at radius 2 is 1.65 bits per heavy atom. The van der Waals surface area contributed by atoms with Crippen LogP contribution in [0.3, 0.4) is 0 Å². The third kappa shape index (κ3) is 4.34. The second-order valence-electron chi connectivity index (χ2n) is 5.62. The molecule has 20 heavy (non-hydrogen) atoms. The molecule has 0 N–H and O–H groups in total. The fraction of sp³-hybridized carbons (Fsp3) is 0.533. The van der Waals surface area contributed by atoms with Crippen LogP contribution in [0.5, 0.6) is 0 Å². The maximum atomic E-state index is 12.0. The molecule has 112 valence electrons. The van der Waals surface area contributed by atoms with Gasteiger partial charge in [0.15, 0.2) is 9.84 Å². The first-order chi connectivity index (χ1) is 9.12. The van der Waals surface area contributed by atoms with Gasteiger partial charge in [-0.1, -0.05) is 26.0 Å². The fourth-order valence-electron chi connectivity index (χ4n) is 1.93. The molecule has 4 nitrogen and oxygen atoms in total. The van der Waals surface area contributed by atoms with Crippen LogP contribution in [0.4, 0.5) is 0 Å². The highest BCUT2D eigenvalue weighted by molar-refractivity contribution is 7.90. The summed E-state index contributed by atoms with van der Waals surface area (Å²) in [6.07, 6.45) is 1.70. The Labute approximate surface area is 121 Å². The molecule has 1 aromatic carbocycles. The Kier molecular flexibility index (Phi) is 5.34. The minimum atomic E-state index is -3.18. The van der Waals surface area contributed by atoms with Crippen LogP contribution in [-0.2, 0) is 14.6 Å². The summed E-state index contributed by atoms with van der Waals surface area (Å²) in [6.45, 7) is 5.96. The molecule has 0 saturated carbocycles. The molecule has 0 heterocycles. The van der Waals surface area contributed by atoms with E-state index in [1.807, 2.05) is 20.8 Å². The van der Waals surface area contributed by atoms with Crippen LogP contribution < -0.4 is 0 Å². The molecule has 0 spiro atoms. The Bertz CT molecular complexity index is 561. The normalized spacial score (nSPS) is 13.3. The van der Waals surface area contributed by atoms with E-state index in [0.29, 0.717) is 17.2 Å². The Balaban J connectivity index is 2.87. The monoisotopic (exact) mass is 297 g/mol. The number of carbonyl (C=O) groups excluding carboxylic acids is 1. The summed E-state index contributed by atoms with van der Waals surface area (Å²) < 4.78 is 22.8. The van der Waals surface area contributed by atoms with Gasteiger partial charge in [-0.05, 0) is 30.5 Å². The topological polar surface area (TPSA) is 54.5 Å². The molecular formula is C15H23NO3S. The first-order valence-electron chi connectivity index (χ1n) is 6.68. The van der Waals surface area contributed by atoms with E-state index >= 15 is 0 Å². The van der Waals surface area contributed by atoms with E-state index in [0.717, 1.165) is 5.56 Å². The summed E-state index contributed by atoms with van der Waals surface area (Å²) in [6, 6.07) is 6.62. The maximum Gasteiger partial charge on any atom is 0.223 e. The molecule has 1 unspecified atom stereocenters. The van der Waals surface area contributed by atoms with Crippen molar-refractivity contribution in [2.45, 2.75) is 38.1 Å². The summed E-state index contributed by atoms with van der Waals surface area (Å²) in [7, 11) is -1.40. The Morgan fingerprint density at radius 1 is 1.15 bits per heavy atom. The van der Waals surface area contributed by atoms with Crippen molar-refractivity contribution < 1.29 is 13.2 Å². The summed E-state index contributed by atoms with van der Waals surface area (Å²) in [5, 5.41) is 0. The highest BCUT2D eigenvalue weighted by Crippen LogP contribution is 2.22. The van der Waals surface area contributed by atoms with Crippen molar-refractivity contribution in [1.29, 1.82) is 0 Å². The SMILES string of the molecule is CC(C)CC(=O)N(C)C(C)c1ccc(S(C)(=O)=O)cc1. The van der Waals surface area contributed by atoms with Gasteiger partial charge in [-0.25, -0.2) is 8.42 Å². The molecule has 5 heteroatoms. The van der Waals surface area contributed by atoms with Crippen molar-refractivity contribution in [3.63, 3.8) is 0 Å². The molecule has 0 radical (unpaired) electrons. The number of amides is 1. The summed E-state index contributed by atoms with van der Waals surface area (Å²) in [5.74, 6) is 0.421. The smallest absolute Gasteiger partial charge is 0.223 e. The molecule has 0 aliphatic carbocycles. The lowest BCUT2D eigenvalue weighted by atomic mass is 10.1. The third-order valence-corrected chi connectivity index (χ3v) is 4.48. The lowest BCUT2D eigenvalue weighted by molar-refractivity contribution is -0.132. The summed E-state index contributed by atoms with van der Waals surface area (Å²) >= 11 is 0. The van der Waals surface area contributed by atoms with Crippen LogP contribution in [0.1, 0.15) is 38.8 Å². The first-order valence-corrected chi connectivity index (χ1v) is 8.57. The zero-order chi connectivity index (χ0) is 15.5. The van der Waals surface area contributed by atoms with E-state index in [2.05, 4.69) is 0 Å². The molecule has 0 aromatic heterocycles. The maximum absolute atomic E-state index is 12.0. The molecular weight excluding hydrogens is 274 g/mol. The van der Waals surface area contributed by atoms with Gasteiger partial charge < -0.3 is 4.90 Å². The largest absolute Gasteiger partial charge is 0.339 e. The van der Waals surface area contributed by atoms with Gasteiger partial charge in [0.1, 0.15) is 0 Å². The lowest BCUT2D eigenvalue weighted by Gasteiger charge is -2.26. The van der Waals surface area contributed by atoms with E-state index in [4.69, 9.17) is 0 Å². The van der Waals surface area contributed by atoms with Gasteiger partial charge >= 0.3 is 0 Å². The second-order valence-corrected chi connectivity index (χ2v) is 7.64. The molecule has 1 aromatic rings. The van der Waals surface area contributed by atoms with E-state index < -0.39 is 9.84 Å². The molecule has 0 saturated heterocycles. The van der Waals surface area contributed by atoms with E-state index in [1.54, 1.807) is 36.2 Å². The van der Waals surface area contributed by atoms with Gasteiger partial charge in [0.2, 0.25) is 5.91 Å². The predicted octanol–water partition coefficient (Wildman–Crippen LogP) is 2.66. The van der Waals surface area contributed by atoms with Gasteiger partial charge in [0.25, 0.3) is 0 Å². The fourth-order valence-corrected chi connectivity index (χ4v) is 2.56. The number of hydrogen-bond donors (Lipinski definition) is 0. The van der Waals surface area contributed by atoms with Crippen LogP contribution in [0.25, 0.3) is 0 Å². The van der Waals surface area contributed by atoms with Gasteiger partial charge in [-0.3, -0.25) is 4.79 Å². The number of hydrogen-bond acceptors (Lipinski definition) is 3. The second kappa shape index (κ2) is 6.39. The predicted molar refractivity (Wildman–Crippen MR) is 80.2 cm³/mol. The minimum Gasteiger partial charge on any atom is -0.339 e. The minimum absolute atomic E-state index is 0.0742. The number of carbonyl (C=O) groups is 1. The number of benzene rings is 1. The number of sulfone groups is 1. The molecule has 1 rings (SSSR count). The van der Waals surface area contributed by atoms with Gasteiger partial charge in [0, 0.05) is 19.7 Å². The standard InChI is InChI=1S/C15H23NO3S/c1-11(2)10-15(17)16(4)12(3)13-6-8-14(9-7-13)20(5,18)19/h6-9,11-12H,10H2,1-5H3. The molecule has 0 bridgehead atoms. The van der Waals surface area contributed by atoms with Crippen LogP contribution in [0.15, 0.2) is 29.2 Å². The number of rotatable bonds is 5. The van der Waals surface area contributed by atoms with Gasteiger partial charge in [-0.2, -0.15) is 0 Å². The lowest BCUT2D eigenvalue weighted by Crippen LogP contribution is -2.30. The first kappa shape index (κ1) is 16.7. The van der Waals surface area contributed by atoms with Crippen molar-refractivity contribution in [2.24, 2.45) is 5.92 Å². The highest BCUT2D eigenvalue weighted by atomic mass is 32.2. The molecule has 1 atom stereocenters. The third-order valence-electron chi connectivity index (χ3n) is 3.35. The highest BCUT2D eigenvalue weighted by Gasteiger charge is 2.18. The Hall–Kier alpha value is -1.36. The van der Waals surface area contributed by atoms with E-state index in [-0.39, 0.29) is 11.9 Å². The van der Waals surface area contributed by atoms with E-state index in [1.165, 1.54) is 6.26 Å². The van der Waals surface area contributed by atoms with Crippen molar-refractivity contribution in [2.75, 3.05) is 13.3 Å². The van der Waals surface area contributed by atoms with Crippen LogP contribution in [-0.4, -0.2) is 32.5 Å². The average Bonchev–Trinajstić information content (AvgIpc) is 2.35. The van der Waals surface area contributed by atoms with Crippen molar-refractivity contribution in [3.05, 3.63) is 29.8 Å². The molecule has 0 fully saturated rings. The van der Waals surface area contributed by atoms with Crippen LogP contribution in [0.2, 0.25) is 0 Å². The zero-order valence-electron chi connectivity index (χ0n) is 12.8. The number of nitrogens with zero attached hydrogens (tertiary/aromatic N) is 1. The molecule has 0 aliphatic heterocycles. The van der Waals surface area contributed by atoms with Crippen molar-refractivity contribution >= 4 is 15.7 Å². The molecule has 1 amide bonds. The van der Waals surface area contributed by atoms with Crippen molar-refractivity contribution in [1.82, 2.24) is 4.90 Å². The Morgan fingerprint density at radius 3 is 2.05 bits per heavy atom. The van der Waals surface area contributed by atoms with Crippen LogP contribution in [0, 0.1) is 5.92 Å². The van der Waals surface area contributed by atoms with Gasteiger partial charge in [-0.15, -0.1) is 0 Å². The summed E-state index contributed by atoms with van der Waals surface area (Å²) in [5.41, 5.74) is 0.928. The quantitative estimate of drug-likeness (QED) is 0.839. The van der Waals surface area contributed by atoms with Crippen molar-refractivity contribution in [3.8, 4) is 0 Å². The molecule has 0 aliphatic rings. The van der Waals surface area contributed by atoms with E-state index in [9.17, 15) is 13.2 Å². The summed E-state index contributed by atoms with van der Waals surface area (Å²) in [4.78, 5) is 14.0. The average molecular weight is 297 g/mol. The zero-order valence-corrected chi connectivity index (χ0v) is 13.6. The van der Waals surface area contributed by atoms with Gasteiger partial charge in [0.05, 0.1) is 10.9 Å².